The molecule has 24 heavy (non-hydrogen) atoms. The van der Waals surface area contributed by atoms with Crippen LogP contribution in [-0.2, 0) is 6.54 Å². The van der Waals surface area contributed by atoms with E-state index in [-0.39, 0.29) is 0 Å². The Kier molecular flexibility index (Phi) is 5.20. The van der Waals surface area contributed by atoms with E-state index in [1.165, 1.54) is 11.3 Å². The fourth-order valence-electron chi connectivity index (χ4n) is 2.37. The van der Waals surface area contributed by atoms with Crippen LogP contribution in [0.25, 0.3) is 0 Å². The lowest BCUT2D eigenvalue weighted by molar-refractivity contribution is 0.923. The number of nitrogens with zero attached hydrogens (tertiary/aromatic N) is 3. The van der Waals surface area contributed by atoms with Gasteiger partial charge in [-0.2, -0.15) is 5.10 Å². The second kappa shape index (κ2) is 7.92. The van der Waals surface area contributed by atoms with Gasteiger partial charge in [0.1, 0.15) is 5.82 Å². The zero-order chi connectivity index (χ0) is 16.6. The maximum atomic E-state index is 4.20. The van der Waals surface area contributed by atoms with Crippen LogP contribution in [0.4, 0.5) is 11.5 Å². The van der Waals surface area contributed by atoms with E-state index in [9.17, 15) is 0 Å². The number of pyridine rings is 1. The first-order valence-electron chi connectivity index (χ1n) is 7.86. The molecular weight excluding hydrogens is 296 g/mol. The molecule has 0 saturated carbocycles. The highest BCUT2D eigenvalue weighted by molar-refractivity contribution is 5.80. The highest BCUT2D eigenvalue weighted by Crippen LogP contribution is 2.16. The Morgan fingerprint density at radius 1 is 0.958 bits per heavy atom. The Morgan fingerprint density at radius 2 is 1.71 bits per heavy atom. The van der Waals surface area contributed by atoms with Crippen LogP contribution in [0.5, 0.6) is 0 Å². The summed E-state index contributed by atoms with van der Waals surface area (Å²) >= 11 is 0. The lowest BCUT2D eigenvalue weighted by Crippen LogP contribution is -2.16. The van der Waals surface area contributed by atoms with Gasteiger partial charge in [0.05, 0.1) is 6.21 Å². The quantitative estimate of drug-likeness (QED) is 0.548. The summed E-state index contributed by atoms with van der Waals surface area (Å²) in [6, 6.07) is 24.4. The Hall–Kier alpha value is -3.14. The molecule has 3 aromatic rings. The first-order valence-corrected chi connectivity index (χ1v) is 7.86. The maximum Gasteiger partial charge on any atom is 0.146 e. The molecule has 0 aliphatic rings. The van der Waals surface area contributed by atoms with Crippen molar-refractivity contribution in [1.29, 1.82) is 0 Å². The third-order valence-corrected chi connectivity index (χ3v) is 3.65. The van der Waals surface area contributed by atoms with Crippen molar-refractivity contribution in [3.63, 3.8) is 0 Å². The highest BCUT2D eigenvalue weighted by Gasteiger charge is 2.01. The van der Waals surface area contributed by atoms with Gasteiger partial charge < -0.3 is 4.90 Å². The van der Waals surface area contributed by atoms with Crippen LogP contribution in [0.2, 0.25) is 0 Å². The molecule has 3 rings (SSSR count). The predicted octanol–water partition coefficient (Wildman–Crippen LogP) is 4.16. The molecule has 120 valence electrons. The molecule has 1 N–H and O–H groups in total. The Bertz CT molecular complexity index is 768. The molecule has 0 saturated heterocycles. The number of hydrogen-bond acceptors (Lipinski definition) is 4. The van der Waals surface area contributed by atoms with Crippen LogP contribution in [0, 0.1) is 0 Å². The van der Waals surface area contributed by atoms with Gasteiger partial charge in [-0.25, -0.2) is 4.98 Å². The smallest absolute Gasteiger partial charge is 0.146 e. The van der Waals surface area contributed by atoms with Gasteiger partial charge in [-0.1, -0.05) is 48.5 Å². The normalized spacial score (nSPS) is 10.7. The largest absolute Gasteiger partial charge is 0.370 e. The van der Waals surface area contributed by atoms with E-state index in [1.54, 1.807) is 12.4 Å². The van der Waals surface area contributed by atoms with Gasteiger partial charge >= 0.3 is 0 Å². The van der Waals surface area contributed by atoms with E-state index in [1.807, 2.05) is 24.3 Å². The van der Waals surface area contributed by atoms with E-state index in [0.717, 1.165) is 17.9 Å². The zero-order valence-corrected chi connectivity index (χ0v) is 13.6. The number of aromatic nitrogens is 1. The summed E-state index contributed by atoms with van der Waals surface area (Å²) in [5.41, 5.74) is 6.42. The lowest BCUT2D eigenvalue weighted by atomic mass is 10.2. The van der Waals surface area contributed by atoms with Crippen molar-refractivity contribution in [2.45, 2.75) is 6.54 Å². The van der Waals surface area contributed by atoms with Crippen molar-refractivity contribution in [3.8, 4) is 0 Å². The minimum absolute atomic E-state index is 0.730. The van der Waals surface area contributed by atoms with E-state index in [2.05, 4.69) is 76.0 Å². The summed E-state index contributed by atoms with van der Waals surface area (Å²) in [5, 5.41) is 4.20. The number of nitrogens with one attached hydrogen (secondary N) is 1. The summed E-state index contributed by atoms with van der Waals surface area (Å²) in [4.78, 5) is 6.38. The monoisotopic (exact) mass is 316 g/mol. The first-order chi connectivity index (χ1) is 11.8. The minimum Gasteiger partial charge on any atom is -0.370 e. The fourth-order valence-corrected chi connectivity index (χ4v) is 2.37. The van der Waals surface area contributed by atoms with E-state index >= 15 is 0 Å². The minimum atomic E-state index is 0.730. The van der Waals surface area contributed by atoms with Gasteiger partial charge in [0.15, 0.2) is 0 Å². The van der Waals surface area contributed by atoms with Gasteiger partial charge in [0.25, 0.3) is 0 Å². The number of hydrogen-bond donors (Lipinski definition) is 1. The molecule has 4 heteroatoms. The topological polar surface area (TPSA) is 40.5 Å². The summed E-state index contributed by atoms with van der Waals surface area (Å²) < 4.78 is 0. The molecule has 0 spiro atoms. The van der Waals surface area contributed by atoms with Crippen molar-refractivity contribution in [2.24, 2.45) is 5.10 Å². The van der Waals surface area contributed by atoms with E-state index in [0.29, 0.717) is 0 Å². The summed E-state index contributed by atoms with van der Waals surface area (Å²) in [6.07, 6.45) is 3.52. The molecule has 0 bridgehead atoms. The SMILES string of the molecule is CN(Cc1ccccc1)c1ccc(C=NNc2ccccn2)cc1. The number of rotatable bonds is 6. The summed E-state index contributed by atoms with van der Waals surface area (Å²) in [7, 11) is 2.10. The standard InChI is InChI=1S/C20H20N4/c1-24(16-18-7-3-2-4-8-18)19-12-10-17(11-13-19)15-22-23-20-9-5-6-14-21-20/h2-15H,16H2,1H3,(H,21,23). The lowest BCUT2D eigenvalue weighted by Gasteiger charge is -2.19. The predicted molar refractivity (Wildman–Crippen MR) is 100 cm³/mol. The number of hydrazone groups is 1. The van der Waals surface area contributed by atoms with Crippen LogP contribution in [0.3, 0.4) is 0 Å². The number of anilines is 2. The molecule has 0 aliphatic carbocycles. The second-order valence-electron chi connectivity index (χ2n) is 5.52. The average molecular weight is 316 g/mol. The molecule has 0 atom stereocenters. The molecule has 1 aromatic heterocycles. The van der Waals surface area contributed by atoms with Crippen LogP contribution >= 0.6 is 0 Å². The van der Waals surface area contributed by atoms with Crippen LogP contribution in [0.15, 0.2) is 84.1 Å². The highest BCUT2D eigenvalue weighted by atomic mass is 15.3. The Labute approximate surface area is 142 Å². The Balaban J connectivity index is 1.58. The molecule has 1 heterocycles. The molecule has 0 aliphatic heterocycles. The first kappa shape index (κ1) is 15.7. The van der Waals surface area contributed by atoms with E-state index < -0.39 is 0 Å². The van der Waals surface area contributed by atoms with Crippen LogP contribution in [0.1, 0.15) is 11.1 Å². The molecule has 0 fully saturated rings. The molecule has 0 unspecified atom stereocenters. The maximum absolute atomic E-state index is 4.20. The molecule has 2 aromatic carbocycles. The van der Waals surface area contributed by atoms with Gasteiger partial charge in [0.2, 0.25) is 0 Å². The van der Waals surface area contributed by atoms with Gasteiger partial charge in [0, 0.05) is 25.5 Å². The molecule has 0 radical (unpaired) electrons. The molecule has 4 nitrogen and oxygen atoms in total. The Morgan fingerprint density at radius 3 is 2.42 bits per heavy atom. The van der Waals surface area contributed by atoms with Crippen LogP contribution < -0.4 is 10.3 Å². The van der Waals surface area contributed by atoms with Crippen molar-refractivity contribution in [2.75, 3.05) is 17.4 Å². The third-order valence-electron chi connectivity index (χ3n) is 3.65. The van der Waals surface area contributed by atoms with Crippen molar-refractivity contribution < 1.29 is 0 Å². The van der Waals surface area contributed by atoms with Crippen molar-refractivity contribution in [3.05, 3.63) is 90.1 Å². The van der Waals surface area contributed by atoms with Crippen molar-refractivity contribution >= 4 is 17.7 Å². The second-order valence-corrected chi connectivity index (χ2v) is 5.52. The average Bonchev–Trinajstić information content (AvgIpc) is 2.64. The van der Waals surface area contributed by atoms with Gasteiger partial charge in [-0.15, -0.1) is 0 Å². The summed E-state index contributed by atoms with van der Waals surface area (Å²) in [5.74, 6) is 0.730. The van der Waals surface area contributed by atoms with Gasteiger partial charge in [-0.05, 0) is 35.4 Å². The summed E-state index contributed by atoms with van der Waals surface area (Å²) in [6.45, 7) is 0.884. The molecular formula is C20H20N4. The van der Waals surface area contributed by atoms with Crippen molar-refractivity contribution in [1.82, 2.24) is 4.98 Å². The number of benzene rings is 2. The van der Waals surface area contributed by atoms with Gasteiger partial charge in [-0.3, -0.25) is 5.43 Å². The molecule has 0 amide bonds. The fraction of sp³-hybridized carbons (Fsp3) is 0.100. The van der Waals surface area contributed by atoms with E-state index in [4.69, 9.17) is 0 Å². The third kappa shape index (κ3) is 4.43. The zero-order valence-electron chi connectivity index (χ0n) is 13.6. The van der Waals surface area contributed by atoms with Crippen LogP contribution in [-0.4, -0.2) is 18.2 Å².